The number of hydrogen-bond donors (Lipinski definition) is 1. The summed E-state index contributed by atoms with van der Waals surface area (Å²) >= 11 is 0. The van der Waals surface area contributed by atoms with Crippen molar-refractivity contribution in [2.24, 2.45) is 0 Å². The maximum absolute atomic E-state index is 13.4. The summed E-state index contributed by atoms with van der Waals surface area (Å²) in [5, 5.41) is 11.2. The van der Waals surface area contributed by atoms with Crippen LogP contribution in [-0.4, -0.2) is 145 Å². The van der Waals surface area contributed by atoms with Gasteiger partial charge in [-0.2, -0.15) is 0 Å². The zero-order valence-electron chi connectivity index (χ0n) is 35.9. The minimum absolute atomic E-state index is 0.00476. The summed E-state index contributed by atoms with van der Waals surface area (Å²) in [5.74, 6) is -1.19. The normalized spacial score (nSPS) is 14.6. The molecule has 1 N–H and O–H groups in total. The van der Waals surface area contributed by atoms with Crippen molar-refractivity contribution in [1.29, 1.82) is 0 Å². The third-order valence-electron chi connectivity index (χ3n) is 10.0. The summed E-state index contributed by atoms with van der Waals surface area (Å²) in [4.78, 5) is 71.4. The van der Waals surface area contributed by atoms with Crippen molar-refractivity contribution in [2.75, 3.05) is 78.7 Å². The Balaban J connectivity index is 2.72. The molecule has 1 rings (SSSR count). The Labute approximate surface area is 338 Å². The number of unbranched alkanes of at least 4 members (excludes halogenated alkanes) is 11. The highest BCUT2D eigenvalue weighted by atomic mass is 16.5. The molecular formula is C42H79N5O9. The van der Waals surface area contributed by atoms with E-state index >= 15 is 0 Å². The minimum Gasteiger partial charge on any atom is -0.466 e. The summed E-state index contributed by atoms with van der Waals surface area (Å²) in [6.45, 7) is 14.5. The lowest BCUT2D eigenvalue weighted by molar-refractivity contribution is -0.148. The number of rotatable bonds is 36. The van der Waals surface area contributed by atoms with Crippen LogP contribution in [0.15, 0.2) is 0 Å². The van der Waals surface area contributed by atoms with E-state index in [0.29, 0.717) is 13.1 Å². The van der Waals surface area contributed by atoms with Gasteiger partial charge in [-0.25, -0.2) is 14.5 Å². The lowest BCUT2D eigenvalue weighted by Gasteiger charge is -2.44. The average molecular weight is 798 g/mol. The van der Waals surface area contributed by atoms with E-state index in [1.54, 1.807) is 6.92 Å². The Morgan fingerprint density at radius 2 is 0.929 bits per heavy atom. The first kappa shape index (κ1) is 51.0. The molecule has 14 nitrogen and oxygen atoms in total. The average Bonchev–Trinajstić information content (AvgIpc) is 3.18. The second-order valence-corrected chi connectivity index (χ2v) is 14.9. The monoisotopic (exact) mass is 798 g/mol. The molecule has 1 saturated heterocycles. The van der Waals surface area contributed by atoms with E-state index in [1.807, 2.05) is 0 Å². The molecule has 0 aromatic heterocycles. The van der Waals surface area contributed by atoms with Crippen LogP contribution in [0.1, 0.15) is 157 Å². The maximum atomic E-state index is 13.4. The lowest BCUT2D eigenvalue weighted by atomic mass is 10.1. The molecule has 56 heavy (non-hydrogen) atoms. The van der Waals surface area contributed by atoms with Gasteiger partial charge in [0.05, 0.1) is 32.5 Å². The van der Waals surface area contributed by atoms with Crippen molar-refractivity contribution in [3.63, 3.8) is 0 Å². The topological polar surface area (TPSA) is 149 Å². The smallest absolute Gasteiger partial charge is 0.331 e. The third-order valence-corrected chi connectivity index (χ3v) is 10.0. The van der Waals surface area contributed by atoms with Crippen molar-refractivity contribution in [2.45, 2.75) is 163 Å². The predicted octanol–water partition coefficient (Wildman–Crippen LogP) is 7.17. The lowest BCUT2D eigenvalue weighted by Crippen LogP contribution is -2.67. The number of carbonyl (C=O) groups is 5. The van der Waals surface area contributed by atoms with Gasteiger partial charge in [0.15, 0.2) is 0 Å². The molecule has 4 amide bonds. The number of amides is 4. The van der Waals surface area contributed by atoms with E-state index in [4.69, 9.17) is 14.2 Å². The van der Waals surface area contributed by atoms with E-state index in [0.717, 1.165) is 66.6 Å². The van der Waals surface area contributed by atoms with E-state index in [2.05, 4.69) is 37.5 Å². The molecule has 326 valence electrons. The number of nitrogens with zero attached hydrogens (tertiary/aromatic N) is 5. The number of aliphatic hydroxyl groups excluding tert-OH is 1. The molecule has 0 aliphatic carbocycles. The van der Waals surface area contributed by atoms with Gasteiger partial charge in [-0.1, -0.05) is 105 Å². The van der Waals surface area contributed by atoms with Gasteiger partial charge in [0, 0.05) is 26.1 Å². The maximum Gasteiger partial charge on any atom is 0.331 e. The van der Waals surface area contributed by atoms with Crippen molar-refractivity contribution >= 4 is 30.0 Å². The number of urea groups is 2. The molecule has 0 bridgehead atoms. The number of ether oxygens (including phenoxy) is 3. The molecular weight excluding hydrogens is 718 g/mol. The van der Waals surface area contributed by atoms with E-state index in [-0.39, 0.29) is 71.1 Å². The molecule has 0 saturated carbocycles. The second-order valence-electron chi connectivity index (χ2n) is 14.9. The Kier molecular flexibility index (Phi) is 30.1. The number of carbonyl (C=O) groups excluding carboxylic acids is 5. The summed E-state index contributed by atoms with van der Waals surface area (Å²) in [6.07, 6.45) is 17.2. The number of hydrogen-bond acceptors (Lipinski definition) is 11. The Bertz CT molecular complexity index is 1080. The highest BCUT2D eigenvalue weighted by Crippen LogP contribution is 2.19. The molecule has 1 atom stereocenters. The number of aliphatic hydroxyl groups is 1. The van der Waals surface area contributed by atoms with E-state index in [1.165, 1.54) is 70.6 Å². The van der Waals surface area contributed by atoms with Crippen LogP contribution in [0.3, 0.4) is 0 Å². The van der Waals surface area contributed by atoms with Crippen molar-refractivity contribution in [3.8, 4) is 0 Å². The molecule has 14 heteroatoms. The zero-order valence-corrected chi connectivity index (χ0v) is 35.9. The first-order valence-electron chi connectivity index (χ1n) is 22.1. The van der Waals surface area contributed by atoms with Crippen LogP contribution >= 0.6 is 0 Å². The quantitative estimate of drug-likeness (QED) is 0.0391. The predicted molar refractivity (Wildman–Crippen MR) is 219 cm³/mol. The summed E-state index contributed by atoms with van der Waals surface area (Å²) < 4.78 is 16.1. The molecule has 0 aromatic carbocycles. The van der Waals surface area contributed by atoms with Gasteiger partial charge in [-0.05, 0) is 58.3 Å². The van der Waals surface area contributed by atoms with Crippen LogP contribution in [0.5, 0.6) is 0 Å². The Morgan fingerprint density at radius 3 is 1.43 bits per heavy atom. The molecule has 0 aromatic rings. The van der Waals surface area contributed by atoms with Crippen LogP contribution in [0.25, 0.3) is 0 Å². The molecule has 1 aliphatic rings. The third kappa shape index (κ3) is 22.7. The summed E-state index contributed by atoms with van der Waals surface area (Å²) in [6, 6.07) is -1.54. The molecule has 1 aliphatic heterocycles. The van der Waals surface area contributed by atoms with Crippen LogP contribution in [-0.2, 0) is 28.6 Å². The van der Waals surface area contributed by atoms with Gasteiger partial charge in [0.25, 0.3) is 0 Å². The first-order chi connectivity index (χ1) is 27.1. The molecule has 1 heterocycles. The first-order valence-corrected chi connectivity index (χ1v) is 22.1. The van der Waals surface area contributed by atoms with Crippen LogP contribution < -0.4 is 0 Å². The Hall–Kier alpha value is -2.97. The molecule has 0 spiro atoms. The van der Waals surface area contributed by atoms with E-state index in [9.17, 15) is 29.1 Å². The molecule has 1 unspecified atom stereocenters. The van der Waals surface area contributed by atoms with Gasteiger partial charge in [0.2, 0.25) is 6.35 Å². The Morgan fingerprint density at radius 1 is 0.500 bits per heavy atom. The van der Waals surface area contributed by atoms with Crippen LogP contribution in [0.2, 0.25) is 0 Å². The fourth-order valence-corrected chi connectivity index (χ4v) is 6.76. The fraction of sp³-hybridized carbons (Fsp3) is 0.881. The molecule has 1 fully saturated rings. The SMILES string of the molecule is CCCCCCCCCN(CCCCCCCC)CCC(=O)OCCCN1C(=O)N(CCOC(=O)CC)C(=O)N(CCOC(=O)CCN(CCC)CCC)C1O. The highest BCUT2D eigenvalue weighted by molar-refractivity contribution is 5.96. The van der Waals surface area contributed by atoms with Gasteiger partial charge >= 0.3 is 30.0 Å². The van der Waals surface area contributed by atoms with E-state index < -0.39 is 30.4 Å². The van der Waals surface area contributed by atoms with Crippen LogP contribution in [0.4, 0.5) is 9.59 Å². The highest BCUT2D eigenvalue weighted by Gasteiger charge is 2.43. The van der Waals surface area contributed by atoms with Gasteiger partial charge in [0.1, 0.15) is 13.2 Å². The standard InChI is InChI=1S/C42H79N5O9/c1-6-11-13-15-17-19-21-28-44(27-20-18-16-14-12-7-2)31-24-38(49)54-34-22-29-45-40(51)46(32-35-55-37(48)10-5)42(53)47(41(45)52)33-36-56-39(50)23-30-43(25-8-3)26-9-4/h41,52H,6-36H2,1-5H3. The van der Waals surface area contributed by atoms with Crippen molar-refractivity contribution in [3.05, 3.63) is 0 Å². The zero-order chi connectivity index (χ0) is 41.4. The number of imide groups is 1. The second kappa shape index (κ2) is 33.0. The summed E-state index contributed by atoms with van der Waals surface area (Å²) in [7, 11) is 0. The fourth-order valence-electron chi connectivity index (χ4n) is 6.76. The minimum atomic E-state index is -1.62. The van der Waals surface area contributed by atoms with Crippen molar-refractivity contribution in [1.82, 2.24) is 24.5 Å². The van der Waals surface area contributed by atoms with Gasteiger partial charge in [-0.15, -0.1) is 0 Å². The largest absolute Gasteiger partial charge is 0.466 e. The van der Waals surface area contributed by atoms with Crippen LogP contribution in [0, 0.1) is 0 Å². The van der Waals surface area contributed by atoms with Gasteiger partial charge in [-0.3, -0.25) is 24.2 Å². The molecule has 0 radical (unpaired) electrons. The summed E-state index contributed by atoms with van der Waals surface area (Å²) in [5.41, 5.74) is 0. The van der Waals surface area contributed by atoms with Crippen molar-refractivity contribution < 1.29 is 43.3 Å². The van der Waals surface area contributed by atoms with Gasteiger partial charge < -0.3 is 29.1 Å². The number of esters is 3.